The Hall–Kier alpha value is -2.63. The van der Waals surface area contributed by atoms with Crippen molar-refractivity contribution in [1.82, 2.24) is 15.4 Å². The number of rotatable bonds is 3. The fraction of sp³-hybridized carbons (Fsp3) is 0.421. The van der Waals surface area contributed by atoms with Gasteiger partial charge in [-0.05, 0) is 19.3 Å². The lowest BCUT2D eigenvalue weighted by molar-refractivity contribution is -0.131. The van der Waals surface area contributed by atoms with Crippen molar-refractivity contribution in [2.45, 2.75) is 32.1 Å². The second-order valence-corrected chi connectivity index (χ2v) is 6.27. The van der Waals surface area contributed by atoms with Crippen LogP contribution in [0.5, 0.6) is 0 Å². The van der Waals surface area contributed by atoms with Gasteiger partial charge in [0.1, 0.15) is 0 Å². The molecule has 0 aliphatic carbocycles. The van der Waals surface area contributed by atoms with Gasteiger partial charge in [0.05, 0.1) is 12.1 Å². The van der Waals surface area contributed by atoms with E-state index in [9.17, 15) is 9.59 Å². The van der Waals surface area contributed by atoms with Crippen LogP contribution in [0.4, 0.5) is 0 Å². The van der Waals surface area contributed by atoms with Crippen molar-refractivity contribution in [3.05, 3.63) is 42.1 Å². The Labute approximate surface area is 147 Å². The summed E-state index contributed by atoms with van der Waals surface area (Å²) in [6.07, 6.45) is 3.46. The molecule has 0 radical (unpaired) electrons. The first-order valence-corrected chi connectivity index (χ1v) is 8.78. The molecule has 3 rings (SSSR count). The lowest BCUT2D eigenvalue weighted by Gasteiger charge is -2.23. The van der Waals surface area contributed by atoms with Gasteiger partial charge < -0.3 is 14.7 Å². The predicted octanol–water partition coefficient (Wildman–Crippen LogP) is 2.40. The van der Waals surface area contributed by atoms with E-state index in [-0.39, 0.29) is 18.2 Å². The third kappa shape index (κ3) is 4.92. The van der Waals surface area contributed by atoms with E-state index in [1.165, 1.54) is 0 Å². The number of benzene rings is 1. The Bertz CT molecular complexity index is 712. The zero-order valence-corrected chi connectivity index (χ0v) is 14.2. The molecular weight excluding hydrogens is 318 g/mol. The van der Waals surface area contributed by atoms with Crippen LogP contribution in [0.2, 0.25) is 0 Å². The van der Waals surface area contributed by atoms with Crippen molar-refractivity contribution >= 4 is 11.8 Å². The van der Waals surface area contributed by atoms with Crippen molar-refractivity contribution < 1.29 is 14.1 Å². The lowest BCUT2D eigenvalue weighted by Crippen LogP contribution is -2.38. The highest BCUT2D eigenvalue weighted by molar-refractivity contribution is 5.80. The summed E-state index contributed by atoms with van der Waals surface area (Å²) in [6.45, 7) is 1.87. The molecule has 0 spiro atoms. The van der Waals surface area contributed by atoms with Gasteiger partial charge in [-0.1, -0.05) is 35.5 Å². The van der Waals surface area contributed by atoms with Gasteiger partial charge in [0.15, 0.2) is 5.76 Å². The summed E-state index contributed by atoms with van der Waals surface area (Å²) < 4.78 is 5.35. The summed E-state index contributed by atoms with van der Waals surface area (Å²) in [5.74, 6) is 0.650. The normalized spacial score (nSPS) is 16.3. The Balaban J connectivity index is 1.62. The minimum Gasteiger partial charge on any atom is -0.356 e. The monoisotopic (exact) mass is 341 g/mol. The van der Waals surface area contributed by atoms with Crippen LogP contribution in [-0.2, 0) is 16.0 Å². The number of nitrogens with one attached hydrogen (secondary N) is 1. The van der Waals surface area contributed by atoms with E-state index in [2.05, 4.69) is 10.5 Å². The molecule has 6 nitrogen and oxygen atoms in total. The highest BCUT2D eigenvalue weighted by Gasteiger charge is 2.18. The molecule has 1 aliphatic rings. The maximum atomic E-state index is 12.6. The van der Waals surface area contributed by atoms with Gasteiger partial charge in [0, 0.05) is 37.7 Å². The van der Waals surface area contributed by atoms with Crippen molar-refractivity contribution in [2.24, 2.45) is 0 Å². The third-order valence-corrected chi connectivity index (χ3v) is 4.34. The first-order valence-electron chi connectivity index (χ1n) is 8.78. The predicted molar refractivity (Wildman–Crippen MR) is 93.7 cm³/mol. The molecule has 2 aromatic rings. The summed E-state index contributed by atoms with van der Waals surface area (Å²) in [5, 5.41) is 6.89. The third-order valence-electron chi connectivity index (χ3n) is 4.34. The number of amides is 2. The van der Waals surface area contributed by atoms with Crippen molar-refractivity contribution in [3.63, 3.8) is 0 Å². The highest BCUT2D eigenvalue weighted by Crippen LogP contribution is 2.20. The Morgan fingerprint density at radius 1 is 1.16 bits per heavy atom. The molecule has 1 aromatic carbocycles. The van der Waals surface area contributed by atoms with E-state index < -0.39 is 0 Å². The van der Waals surface area contributed by atoms with Crippen LogP contribution in [0.1, 0.15) is 31.4 Å². The second-order valence-electron chi connectivity index (χ2n) is 6.27. The van der Waals surface area contributed by atoms with Gasteiger partial charge in [-0.25, -0.2) is 0 Å². The van der Waals surface area contributed by atoms with Gasteiger partial charge in [-0.15, -0.1) is 0 Å². The largest absolute Gasteiger partial charge is 0.356 e. The zero-order valence-electron chi connectivity index (χ0n) is 14.2. The average Bonchev–Trinajstić information content (AvgIpc) is 3.10. The molecule has 25 heavy (non-hydrogen) atoms. The van der Waals surface area contributed by atoms with Gasteiger partial charge >= 0.3 is 0 Å². The molecule has 2 amide bonds. The van der Waals surface area contributed by atoms with E-state index in [0.717, 1.165) is 31.4 Å². The first kappa shape index (κ1) is 17.2. The van der Waals surface area contributed by atoms with E-state index in [0.29, 0.717) is 31.0 Å². The molecule has 1 N–H and O–H groups in total. The molecule has 1 fully saturated rings. The van der Waals surface area contributed by atoms with Crippen molar-refractivity contribution in [3.8, 4) is 11.3 Å². The van der Waals surface area contributed by atoms with Crippen molar-refractivity contribution in [2.75, 3.05) is 19.6 Å². The molecule has 1 aliphatic heterocycles. The molecule has 0 bridgehead atoms. The van der Waals surface area contributed by atoms with Crippen LogP contribution in [0.25, 0.3) is 11.3 Å². The zero-order chi connectivity index (χ0) is 17.5. The van der Waals surface area contributed by atoms with Crippen LogP contribution in [0, 0.1) is 0 Å². The topological polar surface area (TPSA) is 75.4 Å². The standard InChI is InChI=1S/C19H23N3O3/c23-18-9-12-22(11-6-2-5-10-20-18)19(24)14-16-13-17(25-21-16)15-7-3-1-4-8-15/h1,3-4,7-8,13H,2,5-6,9-12,14H2,(H,20,23). The average molecular weight is 341 g/mol. The molecular formula is C19H23N3O3. The molecule has 6 heteroatoms. The number of hydrogen-bond acceptors (Lipinski definition) is 4. The summed E-state index contributed by atoms with van der Waals surface area (Å²) in [6, 6.07) is 11.5. The summed E-state index contributed by atoms with van der Waals surface area (Å²) in [7, 11) is 0. The van der Waals surface area contributed by atoms with E-state index in [1.807, 2.05) is 30.3 Å². The number of carbonyl (C=O) groups excluding carboxylic acids is 2. The fourth-order valence-electron chi connectivity index (χ4n) is 2.92. The summed E-state index contributed by atoms with van der Waals surface area (Å²) >= 11 is 0. The van der Waals surface area contributed by atoms with Crippen LogP contribution in [0.3, 0.4) is 0 Å². The van der Waals surface area contributed by atoms with Crippen LogP contribution in [-0.4, -0.2) is 41.5 Å². The first-order chi connectivity index (χ1) is 12.2. The van der Waals surface area contributed by atoms with Gasteiger partial charge in [-0.2, -0.15) is 0 Å². The lowest BCUT2D eigenvalue weighted by atomic mass is 10.1. The molecule has 0 unspecified atom stereocenters. The summed E-state index contributed by atoms with van der Waals surface area (Å²) in [4.78, 5) is 26.1. The fourth-order valence-corrected chi connectivity index (χ4v) is 2.92. The van der Waals surface area contributed by atoms with Gasteiger partial charge in [-0.3, -0.25) is 9.59 Å². The van der Waals surface area contributed by atoms with Gasteiger partial charge in [0.25, 0.3) is 0 Å². The van der Waals surface area contributed by atoms with E-state index >= 15 is 0 Å². The maximum Gasteiger partial charge on any atom is 0.228 e. The van der Waals surface area contributed by atoms with Crippen molar-refractivity contribution in [1.29, 1.82) is 0 Å². The number of carbonyl (C=O) groups is 2. The van der Waals surface area contributed by atoms with E-state index in [1.54, 1.807) is 11.0 Å². The molecule has 0 saturated carbocycles. The van der Waals surface area contributed by atoms with Crippen LogP contribution >= 0.6 is 0 Å². The minimum absolute atomic E-state index is 0.00694. The van der Waals surface area contributed by atoms with E-state index in [4.69, 9.17) is 4.52 Å². The molecule has 0 atom stereocenters. The molecule has 132 valence electrons. The number of nitrogens with zero attached hydrogens (tertiary/aromatic N) is 2. The number of aromatic nitrogens is 1. The second kappa shape index (κ2) is 8.46. The van der Waals surface area contributed by atoms with Gasteiger partial charge in [0.2, 0.25) is 11.8 Å². The molecule has 1 aromatic heterocycles. The molecule has 1 saturated heterocycles. The number of hydrogen-bond donors (Lipinski definition) is 1. The SMILES string of the molecule is O=C1CCN(C(=O)Cc2cc(-c3ccccc3)on2)CCCCCN1. The quantitative estimate of drug-likeness (QED) is 0.930. The minimum atomic E-state index is -0.0127. The smallest absolute Gasteiger partial charge is 0.228 e. The Kier molecular flexibility index (Phi) is 5.82. The van der Waals surface area contributed by atoms with Crippen LogP contribution in [0.15, 0.2) is 40.9 Å². The Morgan fingerprint density at radius 3 is 2.84 bits per heavy atom. The maximum absolute atomic E-state index is 12.6. The Morgan fingerprint density at radius 2 is 2.00 bits per heavy atom. The highest BCUT2D eigenvalue weighted by atomic mass is 16.5. The van der Waals surface area contributed by atoms with Crippen LogP contribution < -0.4 is 5.32 Å². The summed E-state index contributed by atoms with van der Waals surface area (Å²) in [5.41, 5.74) is 1.55. The molecule has 2 heterocycles.